The zero-order chi connectivity index (χ0) is 10.2. The van der Waals surface area contributed by atoms with Crippen LogP contribution in [0, 0.1) is 0 Å². The molecule has 0 N–H and O–H groups in total. The number of hydrogen-bond donors (Lipinski definition) is 0. The van der Waals surface area contributed by atoms with Gasteiger partial charge in [0.15, 0.2) is 0 Å². The predicted octanol–water partition coefficient (Wildman–Crippen LogP) is 2.26. The van der Waals surface area contributed by atoms with Crippen LogP contribution < -0.4 is 4.74 Å². The summed E-state index contributed by atoms with van der Waals surface area (Å²) < 4.78 is 5.12. The topological polar surface area (TPSA) is 26.3 Å². The largest absolute Gasteiger partial charge is 0.427 e. The van der Waals surface area contributed by atoms with Crippen LogP contribution in [0.3, 0.4) is 0 Å². The highest BCUT2D eigenvalue weighted by molar-refractivity contribution is 5.75. The molecule has 0 bridgehead atoms. The van der Waals surface area contributed by atoms with Crippen molar-refractivity contribution in [2.45, 2.75) is 32.6 Å². The Morgan fingerprint density at radius 1 is 1.20 bits per heavy atom. The van der Waals surface area contributed by atoms with Crippen molar-refractivity contribution in [1.29, 1.82) is 0 Å². The van der Waals surface area contributed by atoms with Gasteiger partial charge in [0, 0.05) is 6.42 Å². The highest BCUT2D eigenvalue weighted by Gasteiger charge is 2.02. The van der Waals surface area contributed by atoms with Gasteiger partial charge in [-0.15, -0.1) is 0 Å². The van der Waals surface area contributed by atoms with Crippen molar-refractivity contribution in [1.82, 2.24) is 0 Å². The summed E-state index contributed by atoms with van der Waals surface area (Å²) in [5, 5.41) is 0. The summed E-state index contributed by atoms with van der Waals surface area (Å²) in [6.07, 6.45) is 3.65. The lowest BCUT2D eigenvalue weighted by atomic mass is 10.2. The van der Waals surface area contributed by atoms with Gasteiger partial charge in [0.1, 0.15) is 5.75 Å². The lowest BCUT2D eigenvalue weighted by molar-refractivity contribution is -0.134. The van der Waals surface area contributed by atoms with E-state index in [1.807, 2.05) is 18.2 Å². The summed E-state index contributed by atoms with van der Waals surface area (Å²) in [6.45, 7) is 2.11. The molecule has 1 aromatic carbocycles. The number of rotatable bonds is 5. The van der Waals surface area contributed by atoms with Gasteiger partial charge in [0.2, 0.25) is 0 Å². The van der Waals surface area contributed by atoms with Crippen molar-refractivity contribution in [3.63, 3.8) is 0 Å². The number of carbonyl (C=O) groups is 1. The third-order valence-corrected chi connectivity index (χ3v) is 1.96. The smallest absolute Gasteiger partial charge is 0.316 e. The molecule has 3 heteroatoms. The van der Waals surface area contributed by atoms with Crippen LogP contribution in [0.4, 0.5) is 0 Å². The highest BCUT2D eigenvalue weighted by Crippen LogP contribution is 2.10. The molecule has 15 heavy (non-hydrogen) atoms. The molecule has 0 spiro atoms. The van der Waals surface area contributed by atoms with Crippen LogP contribution in [0.5, 0.6) is 5.75 Å². The van der Waals surface area contributed by atoms with Gasteiger partial charge in [-0.2, -0.15) is 0 Å². The standard InChI is InChI=1S/C12H16O2.Mg.2H/c1-2-3-5-10-12(13)14-11-8-6-4-7-9-11;;;/h4,6-9H,2-3,5,10H2,1H3;;;. The van der Waals surface area contributed by atoms with Crippen molar-refractivity contribution in [2.75, 3.05) is 0 Å². The molecule has 0 saturated carbocycles. The Kier molecular flexibility index (Phi) is 8.42. The molecule has 0 aliphatic rings. The normalized spacial score (nSPS) is 9.13. The Bertz CT molecular complexity index is 272. The average molecular weight is 219 g/mol. The maximum Gasteiger partial charge on any atom is 0.316 e. The zero-order valence-corrected chi connectivity index (χ0v) is 8.53. The van der Waals surface area contributed by atoms with Crippen LogP contribution in [-0.2, 0) is 4.79 Å². The monoisotopic (exact) mass is 218 g/mol. The summed E-state index contributed by atoms with van der Waals surface area (Å²) in [4.78, 5) is 11.3. The van der Waals surface area contributed by atoms with Gasteiger partial charge >= 0.3 is 29.0 Å². The van der Waals surface area contributed by atoms with E-state index in [2.05, 4.69) is 6.92 Å². The molecule has 0 aromatic heterocycles. The SMILES string of the molecule is CCCCCC(=O)Oc1ccccc1.[MgH2]. The molecule has 0 heterocycles. The minimum absolute atomic E-state index is 0. The second-order valence-electron chi connectivity index (χ2n) is 3.24. The van der Waals surface area contributed by atoms with Gasteiger partial charge in [-0.25, -0.2) is 0 Å². The quantitative estimate of drug-likeness (QED) is 0.328. The molecule has 0 unspecified atom stereocenters. The van der Waals surface area contributed by atoms with E-state index in [0.29, 0.717) is 12.2 Å². The first kappa shape index (κ1) is 14.5. The van der Waals surface area contributed by atoms with E-state index >= 15 is 0 Å². The van der Waals surface area contributed by atoms with E-state index in [-0.39, 0.29) is 29.0 Å². The number of carbonyl (C=O) groups excluding carboxylic acids is 1. The van der Waals surface area contributed by atoms with E-state index in [9.17, 15) is 4.79 Å². The predicted molar refractivity (Wildman–Crippen MR) is 64.8 cm³/mol. The van der Waals surface area contributed by atoms with Crippen molar-refractivity contribution in [2.24, 2.45) is 0 Å². The number of para-hydroxylation sites is 1. The molecule has 0 fully saturated rings. The van der Waals surface area contributed by atoms with Crippen molar-refractivity contribution < 1.29 is 9.53 Å². The third kappa shape index (κ3) is 6.52. The minimum Gasteiger partial charge on any atom is -0.427 e. The zero-order valence-electron chi connectivity index (χ0n) is 8.53. The molecule has 0 amide bonds. The van der Waals surface area contributed by atoms with Crippen LogP contribution in [-0.4, -0.2) is 29.0 Å². The van der Waals surface area contributed by atoms with Crippen molar-refractivity contribution >= 4 is 29.0 Å². The third-order valence-electron chi connectivity index (χ3n) is 1.96. The fourth-order valence-corrected chi connectivity index (χ4v) is 1.19. The maximum atomic E-state index is 11.3. The van der Waals surface area contributed by atoms with Crippen LogP contribution in [0.1, 0.15) is 32.6 Å². The minimum atomic E-state index is -0.135. The lowest BCUT2D eigenvalue weighted by Gasteiger charge is -2.02. The molecule has 0 radical (unpaired) electrons. The van der Waals surface area contributed by atoms with Gasteiger partial charge < -0.3 is 4.74 Å². The van der Waals surface area contributed by atoms with Crippen LogP contribution >= 0.6 is 0 Å². The van der Waals surface area contributed by atoms with Crippen LogP contribution in [0.25, 0.3) is 0 Å². The summed E-state index contributed by atoms with van der Waals surface area (Å²) in [7, 11) is 0. The molecular formula is C12H18MgO2. The first-order valence-corrected chi connectivity index (χ1v) is 5.08. The van der Waals surface area contributed by atoms with E-state index in [0.717, 1.165) is 19.3 Å². The Labute approximate surface area is 107 Å². The molecule has 0 saturated heterocycles. The average Bonchev–Trinajstić information content (AvgIpc) is 2.20. The second-order valence-corrected chi connectivity index (χ2v) is 3.24. The lowest BCUT2D eigenvalue weighted by Crippen LogP contribution is -2.07. The number of hydrogen-bond acceptors (Lipinski definition) is 2. The van der Waals surface area contributed by atoms with E-state index < -0.39 is 0 Å². The molecular weight excluding hydrogens is 200 g/mol. The molecule has 2 nitrogen and oxygen atoms in total. The van der Waals surface area contributed by atoms with Gasteiger partial charge in [0.25, 0.3) is 0 Å². The fraction of sp³-hybridized carbons (Fsp3) is 0.417. The van der Waals surface area contributed by atoms with Crippen LogP contribution in [0.15, 0.2) is 30.3 Å². The molecule has 1 aromatic rings. The number of ether oxygens (including phenoxy) is 1. The van der Waals surface area contributed by atoms with Crippen LogP contribution in [0.2, 0.25) is 0 Å². The van der Waals surface area contributed by atoms with Crippen molar-refractivity contribution in [3.05, 3.63) is 30.3 Å². The highest BCUT2D eigenvalue weighted by atomic mass is 24.3. The Balaban J connectivity index is 0.00000196. The first-order valence-electron chi connectivity index (χ1n) is 5.08. The Hall–Kier alpha value is -0.544. The summed E-state index contributed by atoms with van der Waals surface area (Å²) in [5.74, 6) is 0.499. The molecule has 0 aliphatic carbocycles. The number of unbranched alkanes of at least 4 members (excludes halogenated alkanes) is 2. The molecule has 80 valence electrons. The first-order chi connectivity index (χ1) is 6.83. The van der Waals surface area contributed by atoms with Gasteiger partial charge in [-0.05, 0) is 18.6 Å². The van der Waals surface area contributed by atoms with E-state index in [1.54, 1.807) is 12.1 Å². The fourth-order valence-electron chi connectivity index (χ4n) is 1.19. The molecule has 1 rings (SSSR count). The van der Waals surface area contributed by atoms with Gasteiger partial charge in [0.05, 0.1) is 0 Å². The van der Waals surface area contributed by atoms with Crippen molar-refractivity contribution in [3.8, 4) is 5.75 Å². The summed E-state index contributed by atoms with van der Waals surface area (Å²) >= 11 is 0. The number of esters is 1. The second kappa shape index (κ2) is 8.74. The number of benzene rings is 1. The van der Waals surface area contributed by atoms with Gasteiger partial charge in [-0.3, -0.25) is 4.79 Å². The van der Waals surface area contributed by atoms with E-state index in [4.69, 9.17) is 4.74 Å². The molecule has 0 aliphatic heterocycles. The Morgan fingerprint density at radius 2 is 1.87 bits per heavy atom. The Morgan fingerprint density at radius 3 is 2.47 bits per heavy atom. The van der Waals surface area contributed by atoms with E-state index in [1.165, 1.54) is 0 Å². The summed E-state index contributed by atoms with van der Waals surface area (Å²) in [6, 6.07) is 9.19. The summed E-state index contributed by atoms with van der Waals surface area (Å²) in [5.41, 5.74) is 0. The molecule has 0 atom stereocenters. The van der Waals surface area contributed by atoms with Gasteiger partial charge in [-0.1, -0.05) is 38.0 Å². The maximum absolute atomic E-state index is 11.3.